The molecule has 2 nitrogen and oxygen atoms in total. The van der Waals surface area contributed by atoms with E-state index in [0.29, 0.717) is 5.02 Å². The fraction of sp³-hybridized carbons (Fsp3) is 0.455. The summed E-state index contributed by atoms with van der Waals surface area (Å²) in [4.78, 5) is 0. The lowest BCUT2D eigenvalue weighted by Gasteiger charge is -2.11. The Bertz CT molecular complexity index is 319. The first-order chi connectivity index (χ1) is 6.77. The molecule has 14 heavy (non-hydrogen) atoms. The number of hydrogen-bond donors (Lipinski definition) is 2. The smallest absolute Gasteiger partial charge is 0.0638 e. The second kappa shape index (κ2) is 4.20. The first kappa shape index (κ1) is 9.81. The summed E-state index contributed by atoms with van der Waals surface area (Å²) < 4.78 is 0. The van der Waals surface area contributed by atoms with Crippen LogP contribution < -0.4 is 11.1 Å². The van der Waals surface area contributed by atoms with Crippen LogP contribution in [0.25, 0.3) is 0 Å². The van der Waals surface area contributed by atoms with Gasteiger partial charge in [-0.3, -0.25) is 0 Å². The van der Waals surface area contributed by atoms with E-state index in [-0.39, 0.29) is 0 Å². The number of hydrogen-bond acceptors (Lipinski definition) is 2. The Hall–Kier alpha value is -0.730. The lowest BCUT2D eigenvalue weighted by atomic mass is 9.97. The molecule has 2 rings (SSSR count). The van der Waals surface area contributed by atoms with Crippen molar-refractivity contribution in [1.29, 1.82) is 0 Å². The lowest BCUT2D eigenvalue weighted by Crippen LogP contribution is -2.11. The van der Waals surface area contributed by atoms with Gasteiger partial charge in [0.05, 0.1) is 10.7 Å². The number of benzene rings is 1. The van der Waals surface area contributed by atoms with Gasteiger partial charge in [0, 0.05) is 0 Å². The van der Waals surface area contributed by atoms with E-state index < -0.39 is 0 Å². The third-order valence-corrected chi connectivity index (χ3v) is 3.14. The lowest BCUT2D eigenvalue weighted by molar-refractivity contribution is 0.581. The Balaban J connectivity index is 2.11. The Kier molecular flexibility index (Phi) is 2.94. The van der Waals surface area contributed by atoms with Gasteiger partial charge in [0.1, 0.15) is 0 Å². The molecule has 76 valence electrons. The third kappa shape index (κ3) is 2.02. The summed E-state index contributed by atoms with van der Waals surface area (Å²) >= 11 is 5.96. The van der Waals surface area contributed by atoms with E-state index in [4.69, 9.17) is 17.3 Å². The molecule has 0 amide bonds. The van der Waals surface area contributed by atoms with E-state index >= 15 is 0 Å². The summed E-state index contributed by atoms with van der Waals surface area (Å²) in [6.45, 7) is 2.23. The number of para-hydroxylation sites is 1. The van der Waals surface area contributed by atoms with Crippen LogP contribution in [0.4, 0.5) is 5.69 Å². The zero-order valence-electron chi connectivity index (χ0n) is 8.09. The summed E-state index contributed by atoms with van der Waals surface area (Å²) in [5.41, 5.74) is 7.85. The molecule has 1 heterocycles. The van der Waals surface area contributed by atoms with E-state index in [9.17, 15) is 0 Å². The van der Waals surface area contributed by atoms with E-state index in [2.05, 4.69) is 11.4 Å². The van der Waals surface area contributed by atoms with Gasteiger partial charge >= 0.3 is 0 Å². The molecular weight excluding hydrogens is 196 g/mol. The minimum atomic E-state index is 0.674. The van der Waals surface area contributed by atoms with Crippen LogP contribution in [0.3, 0.4) is 0 Å². The van der Waals surface area contributed by atoms with Gasteiger partial charge in [0.25, 0.3) is 0 Å². The standard InChI is InChI=1S/C11H15ClN2/c12-10-3-1-2-9(11(10)13)6-8-4-5-14-7-8/h1-3,8,14H,4-7,13H2. The highest BCUT2D eigenvalue weighted by Crippen LogP contribution is 2.25. The van der Waals surface area contributed by atoms with Gasteiger partial charge in [-0.1, -0.05) is 23.7 Å². The molecule has 0 aromatic heterocycles. The molecule has 0 aliphatic carbocycles. The first-order valence-electron chi connectivity index (χ1n) is 5.01. The van der Waals surface area contributed by atoms with Crippen LogP contribution in [0, 0.1) is 5.92 Å². The third-order valence-electron chi connectivity index (χ3n) is 2.81. The Morgan fingerprint density at radius 1 is 1.50 bits per heavy atom. The number of anilines is 1. The molecule has 3 heteroatoms. The van der Waals surface area contributed by atoms with Gasteiger partial charge < -0.3 is 11.1 Å². The molecule has 1 aliphatic rings. The fourth-order valence-corrected chi connectivity index (χ4v) is 2.15. The van der Waals surface area contributed by atoms with Crippen LogP contribution in [0.1, 0.15) is 12.0 Å². The maximum absolute atomic E-state index is 5.96. The second-order valence-corrected chi connectivity index (χ2v) is 4.28. The summed E-state index contributed by atoms with van der Waals surface area (Å²) in [5, 5.41) is 4.03. The summed E-state index contributed by atoms with van der Waals surface area (Å²) in [6, 6.07) is 5.88. The Morgan fingerprint density at radius 3 is 3.07 bits per heavy atom. The van der Waals surface area contributed by atoms with Crippen LogP contribution in [0.2, 0.25) is 5.02 Å². The maximum Gasteiger partial charge on any atom is 0.0638 e. The quantitative estimate of drug-likeness (QED) is 0.734. The van der Waals surface area contributed by atoms with E-state index in [1.54, 1.807) is 0 Å². The van der Waals surface area contributed by atoms with Crippen LogP contribution in [-0.2, 0) is 6.42 Å². The van der Waals surface area contributed by atoms with Crippen molar-refractivity contribution >= 4 is 17.3 Å². The number of nitrogens with two attached hydrogens (primary N) is 1. The highest BCUT2D eigenvalue weighted by Gasteiger charge is 2.16. The summed E-state index contributed by atoms with van der Waals surface area (Å²) in [7, 11) is 0. The molecule has 0 spiro atoms. The molecular formula is C11H15ClN2. The highest BCUT2D eigenvalue weighted by molar-refractivity contribution is 6.33. The van der Waals surface area contributed by atoms with Crippen LogP contribution in [-0.4, -0.2) is 13.1 Å². The molecule has 0 saturated carbocycles. The van der Waals surface area contributed by atoms with Gasteiger partial charge in [-0.05, 0) is 43.5 Å². The van der Waals surface area contributed by atoms with Gasteiger partial charge in [0.15, 0.2) is 0 Å². The Morgan fingerprint density at radius 2 is 2.36 bits per heavy atom. The van der Waals surface area contributed by atoms with Gasteiger partial charge in [-0.2, -0.15) is 0 Å². The number of nitrogen functional groups attached to an aromatic ring is 1. The van der Waals surface area contributed by atoms with Crippen LogP contribution in [0.15, 0.2) is 18.2 Å². The minimum Gasteiger partial charge on any atom is -0.397 e. The normalized spacial score (nSPS) is 21.4. The molecule has 0 radical (unpaired) electrons. The van der Waals surface area contributed by atoms with E-state index in [0.717, 1.165) is 31.1 Å². The largest absolute Gasteiger partial charge is 0.397 e. The van der Waals surface area contributed by atoms with Crippen molar-refractivity contribution in [3.8, 4) is 0 Å². The van der Waals surface area contributed by atoms with Gasteiger partial charge in [-0.25, -0.2) is 0 Å². The van der Waals surface area contributed by atoms with Gasteiger partial charge in [0.2, 0.25) is 0 Å². The zero-order chi connectivity index (χ0) is 9.97. The van der Waals surface area contributed by atoms with Crippen LogP contribution in [0.5, 0.6) is 0 Å². The first-order valence-corrected chi connectivity index (χ1v) is 5.39. The molecule has 1 fully saturated rings. The topological polar surface area (TPSA) is 38.0 Å². The van der Waals surface area contributed by atoms with E-state index in [1.165, 1.54) is 12.0 Å². The molecule has 0 bridgehead atoms. The SMILES string of the molecule is Nc1c(Cl)cccc1CC1CCNC1. The van der Waals surface area contributed by atoms with Crippen molar-refractivity contribution < 1.29 is 0 Å². The minimum absolute atomic E-state index is 0.674. The van der Waals surface area contributed by atoms with E-state index in [1.807, 2.05) is 12.1 Å². The molecule has 1 saturated heterocycles. The predicted molar refractivity (Wildman–Crippen MR) is 60.5 cm³/mol. The van der Waals surface area contributed by atoms with Crippen molar-refractivity contribution in [1.82, 2.24) is 5.32 Å². The van der Waals surface area contributed by atoms with Crippen LogP contribution >= 0.6 is 11.6 Å². The molecule has 3 N–H and O–H groups in total. The monoisotopic (exact) mass is 210 g/mol. The number of halogens is 1. The van der Waals surface area contributed by atoms with Crippen molar-refractivity contribution in [2.24, 2.45) is 5.92 Å². The maximum atomic E-state index is 5.96. The molecule has 1 atom stereocenters. The molecule has 1 unspecified atom stereocenters. The summed E-state index contributed by atoms with van der Waals surface area (Å²) in [6.07, 6.45) is 2.28. The molecule has 1 aromatic carbocycles. The number of rotatable bonds is 2. The second-order valence-electron chi connectivity index (χ2n) is 3.88. The molecule has 1 aliphatic heterocycles. The average molecular weight is 211 g/mol. The number of nitrogens with one attached hydrogen (secondary N) is 1. The molecule has 1 aromatic rings. The van der Waals surface area contributed by atoms with Gasteiger partial charge in [-0.15, -0.1) is 0 Å². The average Bonchev–Trinajstić information content (AvgIpc) is 2.66. The summed E-state index contributed by atoms with van der Waals surface area (Å²) in [5.74, 6) is 0.718. The van der Waals surface area contributed by atoms with Crippen molar-refractivity contribution in [3.63, 3.8) is 0 Å². The zero-order valence-corrected chi connectivity index (χ0v) is 8.85. The Labute approximate surface area is 89.4 Å². The predicted octanol–water partition coefficient (Wildman–Crippen LogP) is 2.07. The fourth-order valence-electron chi connectivity index (χ4n) is 1.96. The highest BCUT2D eigenvalue weighted by atomic mass is 35.5. The van der Waals surface area contributed by atoms with Crippen molar-refractivity contribution in [3.05, 3.63) is 28.8 Å². The van der Waals surface area contributed by atoms with Crippen molar-refractivity contribution in [2.75, 3.05) is 18.8 Å². The van der Waals surface area contributed by atoms with Crippen molar-refractivity contribution in [2.45, 2.75) is 12.8 Å².